The highest BCUT2D eigenvalue weighted by atomic mass is 32.2. The number of aromatic nitrogens is 1. The fraction of sp³-hybridized carbons (Fsp3) is 0.457. The lowest BCUT2D eigenvalue weighted by atomic mass is 9.81. The van der Waals surface area contributed by atoms with Gasteiger partial charge < -0.3 is 10.6 Å². The first-order valence-corrected chi connectivity index (χ1v) is 18.0. The monoisotopic (exact) mass is 701 g/mol. The van der Waals surface area contributed by atoms with Crippen LogP contribution in [0.2, 0.25) is 0 Å². The molecule has 0 bridgehead atoms. The van der Waals surface area contributed by atoms with Gasteiger partial charge in [0.25, 0.3) is 10.2 Å². The van der Waals surface area contributed by atoms with E-state index in [0.29, 0.717) is 50.7 Å². The summed E-state index contributed by atoms with van der Waals surface area (Å²) in [5, 5.41) is 6.01. The average Bonchev–Trinajstić information content (AvgIpc) is 3.77. The number of halogens is 4. The van der Waals surface area contributed by atoms with Gasteiger partial charge in [0.15, 0.2) is 5.78 Å². The number of hydrogen-bond acceptors (Lipinski definition) is 6. The molecule has 0 radical (unpaired) electrons. The summed E-state index contributed by atoms with van der Waals surface area (Å²) in [4.78, 5) is 31.4. The number of hydrogen-bond donors (Lipinski definition) is 2. The number of pyridine rings is 1. The fourth-order valence-corrected chi connectivity index (χ4v) is 8.77. The van der Waals surface area contributed by atoms with Crippen molar-refractivity contribution in [1.29, 1.82) is 0 Å². The molecule has 2 saturated heterocycles. The topological polar surface area (TPSA) is 112 Å². The van der Waals surface area contributed by atoms with E-state index in [0.717, 1.165) is 43.3 Å². The SMILES string of the molecule is O=C(N[C@H](C(=O)Cc1cncc(F)c1CC[C@H]1CNCCN1S(=O)(=O)N1CCCC1)[C@@H](c1ccc(F)cc1)c1cc(F)cc(F)c1)C1CC1. The van der Waals surface area contributed by atoms with E-state index in [1.807, 2.05) is 0 Å². The maximum atomic E-state index is 15.5. The van der Waals surface area contributed by atoms with Crippen LogP contribution in [0, 0.1) is 29.2 Å². The van der Waals surface area contributed by atoms with Crippen LogP contribution in [-0.2, 0) is 32.6 Å². The molecule has 1 saturated carbocycles. The number of nitrogens with one attached hydrogen (secondary N) is 2. The van der Waals surface area contributed by atoms with E-state index in [9.17, 15) is 31.2 Å². The lowest BCUT2D eigenvalue weighted by Gasteiger charge is -2.37. The Morgan fingerprint density at radius 3 is 2.29 bits per heavy atom. The molecule has 3 heterocycles. The number of carbonyl (C=O) groups excluding carboxylic acids is 2. The molecule has 9 nitrogen and oxygen atoms in total. The van der Waals surface area contributed by atoms with Crippen LogP contribution in [0.15, 0.2) is 54.9 Å². The number of nitrogens with zero attached hydrogens (tertiary/aromatic N) is 3. The van der Waals surface area contributed by atoms with Crippen molar-refractivity contribution in [1.82, 2.24) is 24.2 Å². The van der Waals surface area contributed by atoms with Crippen LogP contribution < -0.4 is 10.6 Å². The van der Waals surface area contributed by atoms with Crippen molar-refractivity contribution in [2.45, 2.75) is 62.9 Å². The summed E-state index contributed by atoms with van der Waals surface area (Å²) in [6, 6.07) is 6.12. The molecule has 14 heteroatoms. The minimum Gasteiger partial charge on any atom is -0.345 e. The molecule has 2 aromatic carbocycles. The van der Waals surface area contributed by atoms with Gasteiger partial charge in [0.1, 0.15) is 23.3 Å². The summed E-state index contributed by atoms with van der Waals surface area (Å²) in [6.45, 7) is 2.08. The third kappa shape index (κ3) is 8.19. The molecule has 3 atom stereocenters. The van der Waals surface area contributed by atoms with Gasteiger partial charge in [-0.15, -0.1) is 0 Å². The quantitative estimate of drug-likeness (QED) is 0.261. The first-order chi connectivity index (χ1) is 23.5. The molecule has 2 N–H and O–H groups in total. The summed E-state index contributed by atoms with van der Waals surface area (Å²) >= 11 is 0. The predicted molar refractivity (Wildman–Crippen MR) is 174 cm³/mol. The molecule has 3 aliphatic rings. The van der Waals surface area contributed by atoms with Crippen LogP contribution in [0.5, 0.6) is 0 Å². The number of Topliss-reactive ketones (excluding diaryl/α,β-unsaturated/α-hetero) is 1. The fourth-order valence-electron chi connectivity index (χ4n) is 6.87. The lowest BCUT2D eigenvalue weighted by molar-refractivity contribution is -0.128. The zero-order valence-electron chi connectivity index (χ0n) is 26.9. The van der Waals surface area contributed by atoms with Gasteiger partial charge in [0, 0.05) is 69.3 Å². The molecule has 1 aromatic heterocycles. The average molecular weight is 702 g/mol. The second-order valence-corrected chi connectivity index (χ2v) is 14.9. The van der Waals surface area contributed by atoms with E-state index in [-0.39, 0.29) is 48.4 Å². The van der Waals surface area contributed by atoms with Crippen molar-refractivity contribution in [2.24, 2.45) is 5.92 Å². The Balaban J connectivity index is 1.29. The number of piperazine rings is 1. The standard InChI is InChI=1S/C35H39F4N5O4S/c36-26-7-5-22(6-8-26)33(24-15-27(37)18-28(38)16-24)34(42-35(46)23-3-4-23)32(45)17-25-19-41-21-31(39)30(25)10-9-29-20-40-11-14-44(29)49(47,48)43-12-1-2-13-43/h5-8,15-16,18-19,21,23,29,33-34,40H,1-4,9-14,17,20H2,(H,42,46)/t29-,33-,34+/m0/s1. The van der Waals surface area contributed by atoms with E-state index in [1.165, 1.54) is 26.9 Å². The zero-order chi connectivity index (χ0) is 34.7. The highest BCUT2D eigenvalue weighted by Crippen LogP contribution is 2.34. The third-order valence-corrected chi connectivity index (χ3v) is 11.7. The molecule has 2 aliphatic heterocycles. The first kappa shape index (κ1) is 35.1. The number of carbonyl (C=O) groups is 2. The van der Waals surface area contributed by atoms with Crippen LogP contribution in [0.4, 0.5) is 17.6 Å². The highest BCUT2D eigenvalue weighted by molar-refractivity contribution is 7.86. The van der Waals surface area contributed by atoms with E-state index >= 15 is 4.39 Å². The Morgan fingerprint density at radius 1 is 0.918 bits per heavy atom. The molecule has 3 fully saturated rings. The summed E-state index contributed by atoms with van der Waals surface area (Å²) in [5.41, 5.74) is 0.828. The lowest BCUT2D eigenvalue weighted by Crippen LogP contribution is -2.57. The Kier molecular flexibility index (Phi) is 10.8. The molecule has 1 amide bonds. The maximum absolute atomic E-state index is 15.5. The summed E-state index contributed by atoms with van der Waals surface area (Å²) in [6.07, 6.45) is 5.23. The van der Waals surface area contributed by atoms with Crippen molar-refractivity contribution in [2.75, 3.05) is 32.7 Å². The largest absolute Gasteiger partial charge is 0.345 e. The van der Waals surface area contributed by atoms with Crippen molar-refractivity contribution in [3.05, 3.63) is 100 Å². The van der Waals surface area contributed by atoms with E-state index in [2.05, 4.69) is 15.6 Å². The van der Waals surface area contributed by atoms with Gasteiger partial charge in [0.2, 0.25) is 5.91 Å². The second kappa shape index (κ2) is 15.0. The van der Waals surface area contributed by atoms with E-state index < -0.39 is 63.2 Å². The molecule has 3 aromatic rings. The summed E-state index contributed by atoms with van der Waals surface area (Å²) in [7, 11) is -3.70. The molecule has 49 heavy (non-hydrogen) atoms. The van der Waals surface area contributed by atoms with Crippen molar-refractivity contribution < 1.29 is 35.6 Å². The van der Waals surface area contributed by atoms with Crippen molar-refractivity contribution in [3.8, 4) is 0 Å². The Morgan fingerprint density at radius 2 is 1.61 bits per heavy atom. The van der Waals surface area contributed by atoms with Gasteiger partial charge in [-0.2, -0.15) is 17.0 Å². The Bertz CT molecular complexity index is 1760. The molecular weight excluding hydrogens is 662 g/mol. The van der Waals surface area contributed by atoms with Gasteiger partial charge in [-0.1, -0.05) is 12.1 Å². The number of amides is 1. The summed E-state index contributed by atoms with van der Waals surface area (Å²) < 4.78 is 88.4. The minimum absolute atomic E-state index is 0.0558. The van der Waals surface area contributed by atoms with Gasteiger partial charge in [-0.05, 0) is 85.0 Å². The Hall–Kier alpha value is -3.72. The first-order valence-electron chi connectivity index (χ1n) is 16.6. The minimum atomic E-state index is -3.70. The normalized spacial score (nSPS) is 20.2. The van der Waals surface area contributed by atoms with Crippen LogP contribution in [0.1, 0.15) is 60.3 Å². The van der Waals surface area contributed by atoms with Gasteiger partial charge >= 0.3 is 0 Å². The van der Waals surface area contributed by atoms with E-state index in [1.54, 1.807) is 0 Å². The van der Waals surface area contributed by atoms with Crippen LogP contribution in [0.25, 0.3) is 0 Å². The highest BCUT2D eigenvalue weighted by Gasteiger charge is 2.39. The summed E-state index contributed by atoms with van der Waals surface area (Å²) in [5.74, 6) is -5.40. The van der Waals surface area contributed by atoms with Crippen LogP contribution in [-0.4, -0.2) is 78.5 Å². The van der Waals surface area contributed by atoms with Crippen molar-refractivity contribution in [3.63, 3.8) is 0 Å². The molecule has 0 spiro atoms. The van der Waals surface area contributed by atoms with E-state index in [4.69, 9.17) is 0 Å². The molecule has 0 unspecified atom stereocenters. The number of benzene rings is 2. The smallest absolute Gasteiger partial charge is 0.282 e. The Labute approximate surface area is 283 Å². The maximum Gasteiger partial charge on any atom is 0.282 e. The molecule has 262 valence electrons. The van der Waals surface area contributed by atoms with Gasteiger partial charge in [0.05, 0.1) is 12.2 Å². The zero-order valence-corrected chi connectivity index (χ0v) is 27.7. The predicted octanol–water partition coefficient (Wildman–Crippen LogP) is 4.02. The van der Waals surface area contributed by atoms with Gasteiger partial charge in [-0.3, -0.25) is 14.6 Å². The number of ketones is 1. The molecule has 1 aliphatic carbocycles. The molecular formula is C35H39F4N5O4S. The second-order valence-electron chi connectivity index (χ2n) is 13.0. The molecule has 6 rings (SSSR count). The van der Waals surface area contributed by atoms with Crippen LogP contribution in [0.3, 0.4) is 0 Å². The van der Waals surface area contributed by atoms with Crippen LogP contribution >= 0.6 is 0 Å². The van der Waals surface area contributed by atoms with Gasteiger partial charge in [-0.25, -0.2) is 17.6 Å². The number of rotatable bonds is 13. The van der Waals surface area contributed by atoms with Crippen molar-refractivity contribution >= 4 is 21.9 Å². The third-order valence-electron chi connectivity index (χ3n) is 9.57.